The Morgan fingerprint density at radius 2 is 1.23 bits per heavy atom. The van der Waals surface area contributed by atoms with Crippen LogP contribution in [0.3, 0.4) is 0 Å². The second kappa shape index (κ2) is 23.2. The molecule has 0 rings (SSSR count). The second-order valence-corrected chi connectivity index (χ2v) is 10.6. The van der Waals surface area contributed by atoms with Crippen molar-refractivity contribution < 1.29 is 39.3 Å². The third-order valence-electron chi connectivity index (χ3n) is 6.95. The molecule has 0 spiro atoms. The standard InChI is InChI=1S/C29H53N3O8/c1-4-5-6-7-8-9-10-11-12-13-14-15-16-17-25(36)31-23(20-33)29(40)32-27(21(2)34)24(35)18-22(19-26(37)38)28(39)30-3/h21-23,27,33-34H,4-20H2,1-3H3,(H,30,39)(H,31,36)(H,32,40)(H,37,38)/t21-,22+,23+,27+/m1/s1. The van der Waals surface area contributed by atoms with Crippen LogP contribution in [0.25, 0.3) is 0 Å². The summed E-state index contributed by atoms with van der Waals surface area (Å²) < 4.78 is 0. The number of carboxylic acids is 1. The number of aliphatic hydroxyl groups is 2. The average molecular weight is 572 g/mol. The van der Waals surface area contributed by atoms with Gasteiger partial charge in [0, 0.05) is 19.9 Å². The van der Waals surface area contributed by atoms with E-state index in [0.717, 1.165) is 19.3 Å². The van der Waals surface area contributed by atoms with E-state index in [1.807, 2.05) is 0 Å². The minimum Gasteiger partial charge on any atom is -0.481 e. The molecule has 11 nitrogen and oxygen atoms in total. The Morgan fingerprint density at radius 3 is 1.65 bits per heavy atom. The zero-order valence-corrected chi connectivity index (χ0v) is 24.7. The van der Waals surface area contributed by atoms with Gasteiger partial charge >= 0.3 is 5.97 Å². The minimum absolute atomic E-state index is 0.198. The second-order valence-electron chi connectivity index (χ2n) is 10.6. The summed E-state index contributed by atoms with van der Waals surface area (Å²) in [4.78, 5) is 60.7. The van der Waals surface area contributed by atoms with Crippen molar-refractivity contribution in [2.24, 2.45) is 5.92 Å². The maximum absolute atomic E-state index is 12.7. The molecule has 40 heavy (non-hydrogen) atoms. The zero-order valence-electron chi connectivity index (χ0n) is 24.7. The van der Waals surface area contributed by atoms with Crippen molar-refractivity contribution >= 4 is 29.5 Å². The smallest absolute Gasteiger partial charge is 0.304 e. The van der Waals surface area contributed by atoms with E-state index >= 15 is 0 Å². The first-order valence-corrected chi connectivity index (χ1v) is 14.9. The van der Waals surface area contributed by atoms with Crippen LogP contribution in [0.4, 0.5) is 0 Å². The molecular weight excluding hydrogens is 518 g/mol. The number of carbonyl (C=O) groups excluding carboxylic acids is 4. The van der Waals surface area contributed by atoms with Gasteiger partial charge in [-0.15, -0.1) is 0 Å². The Morgan fingerprint density at radius 1 is 0.725 bits per heavy atom. The van der Waals surface area contributed by atoms with E-state index in [4.69, 9.17) is 5.11 Å². The highest BCUT2D eigenvalue weighted by Gasteiger charge is 2.33. The molecule has 11 heteroatoms. The highest BCUT2D eigenvalue weighted by atomic mass is 16.4. The largest absolute Gasteiger partial charge is 0.481 e. The third-order valence-corrected chi connectivity index (χ3v) is 6.95. The third kappa shape index (κ3) is 17.9. The van der Waals surface area contributed by atoms with Gasteiger partial charge in [0.15, 0.2) is 5.78 Å². The predicted octanol–water partition coefficient (Wildman–Crippen LogP) is 2.61. The molecule has 0 aromatic carbocycles. The summed E-state index contributed by atoms with van der Waals surface area (Å²) in [5.74, 6) is -5.12. The summed E-state index contributed by atoms with van der Waals surface area (Å²) in [5, 5.41) is 35.7. The van der Waals surface area contributed by atoms with E-state index in [9.17, 15) is 34.2 Å². The van der Waals surface area contributed by atoms with E-state index < -0.39 is 73.0 Å². The first-order valence-electron chi connectivity index (χ1n) is 14.9. The highest BCUT2D eigenvalue weighted by molar-refractivity contribution is 5.95. The molecule has 0 aliphatic heterocycles. The van der Waals surface area contributed by atoms with E-state index in [0.29, 0.717) is 6.42 Å². The Balaban J connectivity index is 4.44. The Bertz CT molecular complexity index is 760. The van der Waals surface area contributed by atoms with E-state index in [1.165, 1.54) is 71.8 Å². The van der Waals surface area contributed by atoms with Crippen molar-refractivity contribution in [1.29, 1.82) is 0 Å². The number of nitrogens with one attached hydrogen (secondary N) is 3. The van der Waals surface area contributed by atoms with Gasteiger partial charge in [0.2, 0.25) is 17.7 Å². The Labute approximate surface area is 239 Å². The first-order chi connectivity index (χ1) is 19.1. The lowest BCUT2D eigenvalue weighted by molar-refractivity contribution is -0.142. The minimum atomic E-state index is -1.44. The highest BCUT2D eigenvalue weighted by Crippen LogP contribution is 2.14. The van der Waals surface area contributed by atoms with Crippen LogP contribution in [0.2, 0.25) is 0 Å². The number of carboxylic acid groups (broad SMARTS) is 1. The van der Waals surface area contributed by atoms with Crippen LogP contribution in [0, 0.1) is 5.92 Å². The van der Waals surface area contributed by atoms with Crippen LogP contribution in [-0.4, -0.2) is 76.6 Å². The molecule has 4 atom stereocenters. The van der Waals surface area contributed by atoms with Crippen molar-refractivity contribution in [2.45, 2.75) is 135 Å². The fourth-order valence-corrected chi connectivity index (χ4v) is 4.53. The summed E-state index contributed by atoms with van der Waals surface area (Å²) in [6.07, 6.45) is 13.0. The molecule has 0 aliphatic carbocycles. The number of amides is 3. The number of Topliss-reactive ketones (excluding diaryl/α,β-unsaturated/α-hetero) is 1. The lowest BCUT2D eigenvalue weighted by Crippen LogP contribution is -2.56. The van der Waals surface area contributed by atoms with Crippen molar-refractivity contribution in [2.75, 3.05) is 13.7 Å². The molecule has 3 amide bonds. The first kappa shape index (κ1) is 37.5. The number of hydrogen-bond donors (Lipinski definition) is 6. The molecule has 0 unspecified atom stereocenters. The molecule has 0 bridgehead atoms. The van der Waals surface area contributed by atoms with Gasteiger partial charge in [-0.1, -0.05) is 84.0 Å². The normalized spacial score (nSPS) is 14.0. The maximum atomic E-state index is 12.7. The average Bonchev–Trinajstić information content (AvgIpc) is 2.91. The van der Waals surface area contributed by atoms with Gasteiger partial charge in [-0.3, -0.25) is 24.0 Å². The van der Waals surface area contributed by atoms with Crippen molar-refractivity contribution in [3.05, 3.63) is 0 Å². The van der Waals surface area contributed by atoms with Crippen LogP contribution in [-0.2, 0) is 24.0 Å². The lowest BCUT2D eigenvalue weighted by Gasteiger charge is -2.25. The number of unbranched alkanes of at least 4 members (excludes halogenated alkanes) is 12. The van der Waals surface area contributed by atoms with Crippen LogP contribution < -0.4 is 16.0 Å². The maximum Gasteiger partial charge on any atom is 0.304 e. The van der Waals surface area contributed by atoms with Gasteiger partial charge in [-0.2, -0.15) is 0 Å². The van der Waals surface area contributed by atoms with Gasteiger partial charge in [-0.25, -0.2) is 0 Å². The molecule has 0 heterocycles. The Hall–Kier alpha value is -2.53. The molecule has 0 saturated carbocycles. The summed E-state index contributed by atoms with van der Waals surface area (Å²) in [7, 11) is 1.31. The number of hydrogen-bond acceptors (Lipinski definition) is 7. The topological polar surface area (TPSA) is 182 Å². The molecule has 0 fully saturated rings. The number of ketones is 1. The molecule has 232 valence electrons. The van der Waals surface area contributed by atoms with Crippen LogP contribution in [0.5, 0.6) is 0 Å². The van der Waals surface area contributed by atoms with Crippen molar-refractivity contribution in [3.63, 3.8) is 0 Å². The monoisotopic (exact) mass is 571 g/mol. The summed E-state index contributed by atoms with van der Waals surface area (Å²) in [6, 6.07) is -2.77. The van der Waals surface area contributed by atoms with Gasteiger partial charge in [0.25, 0.3) is 0 Å². The Kier molecular flexibility index (Phi) is 21.7. The number of carbonyl (C=O) groups is 5. The lowest BCUT2D eigenvalue weighted by atomic mass is 9.93. The van der Waals surface area contributed by atoms with Crippen molar-refractivity contribution in [1.82, 2.24) is 16.0 Å². The summed E-state index contributed by atoms with van der Waals surface area (Å²) in [6.45, 7) is 2.77. The fourth-order valence-electron chi connectivity index (χ4n) is 4.53. The quantitative estimate of drug-likeness (QED) is 0.0904. The number of aliphatic carboxylic acids is 1. The number of rotatable bonds is 25. The van der Waals surface area contributed by atoms with Gasteiger partial charge in [0.05, 0.1) is 25.0 Å². The molecule has 0 aromatic heterocycles. The molecule has 0 saturated heterocycles. The van der Waals surface area contributed by atoms with Crippen LogP contribution >= 0.6 is 0 Å². The van der Waals surface area contributed by atoms with Crippen molar-refractivity contribution in [3.8, 4) is 0 Å². The van der Waals surface area contributed by atoms with Crippen LogP contribution in [0.1, 0.15) is 117 Å². The molecular formula is C29H53N3O8. The molecule has 0 radical (unpaired) electrons. The van der Waals surface area contributed by atoms with Gasteiger partial charge in [-0.05, 0) is 13.3 Å². The summed E-state index contributed by atoms with van der Waals surface area (Å²) >= 11 is 0. The van der Waals surface area contributed by atoms with E-state index in [2.05, 4.69) is 22.9 Å². The summed E-state index contributed by atoms with van der Waals surface area (Å²) in [5.41, 5.74) is 0. The number of aliphatic hydroxyl groups excluding tert-OH is 2. The predicted molar refractivity (Wildman–Crippen MR) is 152 cm³/mol. The molecule has 6 N–H and O–H groups in total. The zero-order chi connectivity index (χ0) is 30.3. The van der Waals surface area contributed by atoms with Gasteiger partial charge < -0.3 is 31.3 Å². The van der Waals surface area contributed by atoms with Crippen LogP contribution in [0.15, 0.2) is 0 Å². The van der Waals surface area contributed by atoms with E-state index in [-0.39, 0.29) is 6.42 Å². The van der Waals surface area contributed by atoms with E-state index in [1.54, 1.807) is 0 Å². The fraction of sp³-hybridized carbons (Fsp3) is 0.828. The SMILES string of the molecule is CCCCCCCCCCCCCCCC(=O)N[C@@H](CO)C(=O)N[C@H](C(=O)C[C@@H](CC(=O)O)C(=O)NC)[C@@H](C)O. The van der Waals surface area contributed by atoms with Gasteiger partial charge in [0.1, 0.15) is 12.1 Å². The molecule has 0 aromatic rings. The molecule has 0 aliphatic rings.